The molecule has 1 saturated heterocycles. The molecule has 0 amide bonds. The van der Waals surface area contributed by atoms with Crippen LogP contribution in [0.3, 0.4) is 0 Å². The lowest BCUT2D eigenvalue weighted by Crippen LogP contribution is -2.28. The van der Waals surface area contributed by atoms with Crippen molar-refractivity contribution in [1.29, 1.82) is 0 Å². The molecule has 2 aromatic rings. The van der Waals surface area contributed by atoms with Crippen LogP contribution in [0.5, 0.6) is 0 Å². The fraction of sp³-hybridized carbons (Fsp3) is 0.471. The molecule has 106 valence electrons. The maximum atomic E-state index is 4.78. The standard InChI is InChI=1S/C17H23N3/c1-12-8-13(2)20(11-12)17-16-7-5-4-6-15(16)14(9-18-3)10-19-17/h4-7,10,12-13,18H,8-9,11H2,1-3H3. The van der Waals surface area contributed by atoms with Gasteiger partial charge in [-0.3, -0.25) is 0 Å². The van der Waals surface area contributed by atoms with Gasteiger partial charge in [-0.05, 0) is 37.3 Å². The van der Waals surface area contributed by atoms with E-state index in [1.165, 1.54) is 22.8 Å². The van der Waals surface area contributed by atoms with Crippen molar-refractivity contribution in [1.82, 2.24) is 10.3 Å². The molecule has 0 bridgehead atoms. The lowest BCUT2D eigenvalue weighted by Gasteiger charge is -2.24. The van der Waals surface area contributed by atoms with E-state index in [1.54, 1.807) is 0 Å². The highest BCUT2D eigenvalue weighted by Crippen LogP contribution is 2.33. The summed E-state index contributed by atoms with van der Waals surface area (Å²) >= 11 is 0. The Labute approximate surface area is 121 Å². The predicted octanol–water partition coefficient (Wildman–Crippen LogP) is 3.19. The maximum Gasteiger partial charge on any atom is 0.136 e. The molecule has 0 spiro atoms. The molecule has 2 atom stereocenters. The summed E-state index contributed by atoms with van der Waals surface area (Å²) in [5, 5.41) is 5.82. The van der Waals surface area contributed by atoms with Crippen LogP contribution in [0.15, 0.2) is 30.5 Å². The normalized spacial score (nSPS) is 22.6. The SMILES string of the molecule is CNCc1cnc(N2CC(C)CC2C)c2ccccc12. The zero-order valence-corrected chi connectivity index (χ0v) is 12.6. The van der Waals surface area contributed by atoms with Crippen LogP contribution in [-0.4, -0.2) is 24.6 Å². The third-order valence-electron chi connectivity index (χ3n) is 4.28. The molecule has 0 saturated carbocycles. The summed E-state index contributed by atoms with van der Waals surface area (Å²) < 4.78 is 0. The van der Waals surface area contributed by atoms with Crippen LogP contribution >= 0.6 is 0 Å². The largest absolute Gasteiger partial charge is 0.353 e. The Kier molecular flexibility index (Phi) is 3.62. The summed E-state index contributed by atoms with van der Waals surface area (Å²) in [5.74, 6) is 1.90. The topological polar surface area (TPSA) is 28.2 Å². The van der Waals surface area contributed by atoms with Crippen LogP contribution in [0, 0.1) is 5.92 Å². The summed E-state index contributed by atoms with van der Waals surface area (Å²) in [7, 11) is 1.98. The van der Waals surface area contributed by atoms with Crippen molar-refractivity contribution < 1.29 is 0 Å². The number of benzene rings is 1. The number of aromatic nitrogens is 1. The van der Waals surface area contributed by atoms with E-state index in [-0.39, 0.29) is 0 Å². The molecule has 0 radical (unpaired) electrons. The Morgan fingerprint density at radius 1 is 1.25 bits per heavy atom. The number of nitrogens with zero attached hydrogens (tertiary/aromatic N) is 2. The molecular formula is C17H23N3. The van der Waals surface area contributed by atoms with Crippen LogP contribution in [0.4, 0.5) is 5.82 Å². The van der Waals surface area contributed by atoms with Crippen molar-refractivity contribution in [3.8, 4) is 0 Å². The summed E-state index contributed by atoms with van der Waals surface area (Å²) in [6, 6.07) is 9.21. The second-order valence-corrected chi connectivity index (χ2v) is 6.03. The van der Waals surface area contributed by atoms with Gasteiger partial charge in [0, 0.05) is 30.7 Å². The van der Waals surface area contributed by atoms with E-state index in [9.17, 15) is 0 Å². The molecule has 1 aliphatic heterocycles. The Morgan fingerprint density at radius 2 is 2.00 bits per heavy atom. The molecule has 0 aliphatic carbocycles. The second kappa shape index (κ2) is 5.41. The smallest absolute Gasteiger partial charge is 0.136 e. The van der Waals surface area contributed by atoms with Crippen LogP contribution in [0.2, 0.25) is 0 Å². The molecule has 2 unspecified atom stereocenters. The fourth-order valence-corrected chi connectivity index (χ4v) is 3.39. The van der Waals surface area contributed by atoms with Crippen molar-refractivity contribution in [3.05, 3.63) is 36.0 Å². The molecule has 1 fully saturated rings. The van der Waals surface area contributed by atoms with Gasteiger partial charge >= 0.3 is 0 Å². The van der Waals surface area contributed by atoms with Crippen molar-refractivity contribution in [2.24, 2.45) is 5.92 Å². The molecule has 1 aromatic carbocycles. The molecule has 3 rings (SSSR count). The summed E-state index contributed by atoms with van der Waals surface area (Å²) in [4.78, 5) is 7.25. The molecule has 3 heteroatoms. The Balaban J connectivity index is 2.10. The summed E-state index contributed by atoms with van der Waals surface area (Å²) in [6.45, 7) is 6.61. The first-order chi connectivity index (χ1) is 9.70. The van der Waals surface area contributed by atoms with Gasteiger partial charge in [-0.1, -0.05) is 31.2 Å². The number of rotatable bonds is 3. The first kappa shape index (κ1) is 13.4. The zero-order valence-electron chi connectivity index (χ0n) is 12.6. The second-order valence-electron chi connectivity index (χ2n) is 6.03. The van der Waals surface area contributed by atoms with Crippen LogP contribution < -0.4 is 10.2 Å². The average molecular weight is 269 g/mol. The van der Waals surface area contributed by atoms with E-state index < -0.39 is 0 Å². The molecule has 2 heterocycles. The Morgan fingerprint density at radius 3 is 2.65 bits per heavy atom. The third kappa shape index (κ3) is 2.27. The number of nitrogens with one attached hydrogen (secondary N) is 1. The minimum Gasteiger partial charge on any atom is -0.353 e. The molecular weight excluding hydrogens is 246 g/mol. The number of fused-ring (bicyclic) bond motifs is 1. The van der Waals surface area contributed by atoms with Crippen molar-refractivity contribution in [2.75, 3.05) is 18.5 Å². The maximum absolute atomic E-state index is 4.78. The van der Waals surface area contributed by atoms with Crippen molar-refractivity contribution in [2.45, 2.75) is 32.9 Å². The lowest BCUT2D eigenvalue weighted by atomic mass is 10.1. The monoisotopic (exact) mass is 269 g/mol. The molecule has 1 aromatic heterocycles. The number of hydrogen-bond donors (Lipinski definition) is 1. The molecule has 3 nitrogen and oxygen atoms in total. The number of hydrogen-bond acceptors (Lipinski definition) is 3. The van der Waals surface area contributed by atoms with E-state index in [0.29, 0.717) is 6.04 Å². The van der Waals surface area contributed by atoms with E-state index in [2.05, 4.69) is 48.3 Å². The van der Waals surface area contributed by atoms with E-state index in [1.807, 2.05) is 13.2 Å². The van der Waals surface area contributed by atoms with E-state index in [4.69, 9.17) is 4.98 Å². The minimum absolute atomic E-state index is 0.580. The van der Waals surface area contributed by atoms with Gasteiger partial charge in [-0.15, -0.1) is 0 Å². The Hall–Kier alpha value is -1.61. The van der Waals surface area contributed by atoms with Gasteiger partial charge in [0.2, 0.25) is 0 Å². The molecule has 1 aliphatic rings. The van der Waals surface area contributed by atoms with Gasteiger partial charge < -0.3 is 10.2 Å². The fourth-order valence-electron chi connectivity index (χ4n) is 3.39. The lowest BCUT2D eigenvalue weighted by molar-refractivity contribution is 0.625. The quantitative estimate of drug-likeness (QED) is 0.927. The number of pyridine rings is 1. The molecule has 1 N–H and O–H groups in total. The van der Waals surface area contributed by atoms with Gasteiger partial charge in [0.15, 0.2) is 0 Å². The first-order valence-corrected chi connectivity index (χ1v) is 7.48. The number of anilines is 1. The summed E-state index contributed by atoms with van der Waals surface area (Å²) in [5.41, 5.74) is 1.27. The van der Waals surface area contributed by atoms with E-state index >= 15 is 0 Å². The van der Waals surface area contributed by atoms with Crippen LogP contribution in [0.1, 0.15) is 25.8 Å². The van der Waals surface area contributed by atoms with Gasteiger partial charge in [0.25, 0.3) is 0 Å². The zero-order chi connectivity index (χ0) is 14.1. The minimum atomic E-state index is 0.580. The van der Waals surface area contributed by atoms with Crippen molar-refractivity contribution in [3.63, 3.8) is 0 Å². The van der Waals surface area contributed by atoms with Crippen molar-refractivity contribution >= 4 is 16.6 Å². The first-order valence-electron chi connectivity index (χ1n) is 7.48. The van der Waals surface area contributed by atoms with Gasteiger partial charge in [-0.2, -0.15) is 0 Å². The van der Waals surface area contributed by atoms with E-state index in [0.717, 1.165) is 24.8 Å². The highest BCUT2D eigenvalue weighted by Gasteiger charge is 2.28. The third-order valence-corrected chi connectivity index (χ3v) is 4.28. The van der Waals surface area contributed by atoms with Gasteiger partial charge in [-0.25, -0.2) is 4.98 Å². The highest BCUT2D eigenvalue weighted by molar-refractivity contribution is 5.94. The summed E-state index contributed by atoms with van der Waals surface area (Å²) in [6.07, 6.45) is 3.29. The highest BCUT2D eigenvalue weighted by atomic mass is 15.2. The van der Waals surface area contributed by atoms with Gasteiger partial charge in [0.05, 0.1) is 0 Å². The van der Waals surface area contributed by atoms with Gasteiger partial charge in [0.1, 0.15) is 5.82 Å². The Bertz CT molecular complexity index is 608. The van der Waals surface area contributed by atoms with Crippen LogP contribution in [0.25, 0.3) is 10.8 Å². The molecule has 20 heavy (non-hydrogen) atoms. The average Bonchev–Trinajstić information content (AvgIpc) is 2.78. The van der Waals surface area contributed by atoms with Crippen LogP contribution in [-0.2, 0) is 6.54 Å². The predicted molar refractivity (Wildman–Crippen MR) is 85.1 cm³/mol.